The Morgan fingerprint density at radius 3 is 2.46 bits per heavy atom. The van der Waals surface area contributed by atoms with Gasteiger partial charge in [0.2, 0.25) is 0 Å². The van der Waals surface area contributed by atoms with Crippen LogP contribution in [-0.2, 0) is 35.0 Å². The number of hydrogen-bond acceptors (Lipinski definition) is 11. The van der Waals surface area contributed by atoms with Crippen molar-refractivity contribution in [3.8, 4) is 0 Å². The number of fused-ring (bicyclic) bond motifs is 2. The smallest absolute Gasteiger partial charge is 0.407 e. The van der Waals surface area contributed by atoms with Crippen LogP contribution in [-0.4, -0.2) is 107 Å². The predicted molar refractivity (Wildman–Crippen MR) is 184 cm³/mol. The quantitative estimate of drug-likeness (QED) is 0.305. The maximum atomic E-state index is 14.0. The van der Waals surface area contributed by atoms with Gasteiger partial charge in [-0.25, -0.2) is 9.18 Å². The summed E-state index contributed by atoms with van der Waals surface area (Å²) in [5, 5.41) is 26.5. The first-order valence-corrected chi connectivity index (χ1v) is 18.0. The van der Waals surface area contributed by atoms with Gasteiger partial charge in [0, 0.05) is 30.5 Å². The summed E-state index contributed by atoms with van der Waals surface area (Å²) in [6.07, 6.45) is -5.51. The van der Waals surface area contributed by atoms with Crippen molar-refractivity contribution in [3.63, 3.8) is 0 Å². The second-order valence-electron chi connectivity index (χ2n) is 15.7. The number of aliphatic hydroxyl groups is 2. The molecule has 12 nitrogen and oxygen atoms in total. The third-order valence-corrected chi connectivity index (χ3v) is 11.3. The van der Waals surface area contributed by atoms with Crippen molar-refractivity contribution in [2.75, 3.05) is 14.1 Å². The highest BCUT2D eigenvalue weighted by molar-refractivity contribution is 5.74. The van der Waals surface area contributed by atoms with Crippen molar-refractivity contribution >= 4 is 12.1 Å². The number of esters is 1. The number of nitrogens with zero attached hydrogens (tertiary/aromatic N) is 1. The van der Waals surface area contributed by atoms with Gasteiger partial charge in [-0.3, -0.25) is 4.79 Å². The molecular formula is C37H60FN3O9. The molecule has 13 heteroatoms. The van der Waals surface area contributed by atoms with E-state index in [-0.39, 0.29) is 43.1 Å². The molecule has 2 unspecified atom stereocenters. The standard InChI is InChI=1S/C37H60FN3O9/c1-11-27-37(8)31(39)21(4)29(50-37)19(2)17-36(7,45)32(49-34-28(42)26(41(9)10)15-20(3)46-34)22(5)30(23(6)33(43)47-27)48-35(44)40-18-24-13-12-14-25(38)16-24/h12-14,16,19-23,26-32,34,42,45H,11,15,17-18,39H2,1-10H3,(H,40,44)/t19-,20-,21-,22+,23-,26+,27+,28-,29-,30+,31+,32-,34?,36-,37?/m1/s1. The van der Waals surface area contributed by atoms with Gasteiger partial charge in [0.05, 0.1) is 29.8 Å². The van der Waals surface area contributed by atoms with Crippen LogP contribution < -0.4 is 11.1 Å². The van der Waals surface area contributed by atoms with Crippen LogP contribution in [0.2, 0.25) is 0 Å². The molecule has 5 N–H and O–H groups in total. The molecule has 3 fully saturated rings. The molecule has 3 heterocycles. The Kier molecular flexibility index (Phi) is 13.0. The van der Waals surface area contributed by atoms with Crippen LogP contribution in [0.3, 0.4) is 0 Å². The summed E-state index contributed by atoms with van der Waals surface area (Å²) >= 11 is 0. The number of carbonyl (C=O) groups is 2. The lowest BCUT2D eigenvalue weighted by Gasteiger charge is -2.47. The van der Waals surface area contributed by atoms with E-state index in [1.165, 1.54) is 18.2 Å². The molecule has 1 aromatic carbocycles. The van der Waals surface area contributed by atoms with Crippen molar-refractivity contribution in [1.82, 2.24) is 10.2 Å². The summed E-state index contributed by atoms with van der Waals surface area (Å²) < 4.78 is 45.4. The Hall–Kier alpha value is -2.39. The van der Waals surface area contributed by atoms with E-state index in [0.29, 0.717) is 18.4 Å². The molecule has 3 aliphatic heterocycles. The number of nitrogens with one attached hydrogen (secondary N) is 1. The molecule has 0 aliphatic carbocycles. The third kappa shape index (κ3) is 8.62. The number of alkyl carbamates (subject to hydrolysis) is 1. The molecular weight excluding hydrogens is 649 g/mol. The zero-order valence-corrected chi connectivity index (χ0v) is 31.3. The minimum Gasteiger partial charge on any atom is -0.459 e. The number of halogens is 1. The number of hydrogen-bond donors (Lipinski definition) is 4. The summed E-state index contributed by atoms with van der Waals surface area (Å²) in [5.41, 5.74) is 4.69. The fourth-order valence-electron chi connectivity index (χ4n) is 8.46. The topological polar surface area (TPSA) is 162 Å². The van der Waals surface area contributed by atoms with E-state index in [0.717, 1.165) is 0 Å². The highest BCUT2D eigenvalue weighted by Crippen LogP contribution is 2.45. The number of nitrogens with two attached hydrogens (primary N) is 1. The molecule has 1 aromatic rings. The zero-order valence-electron chi connectivity index (χ0n) is 31.3. The first-order chi connectivity index (χ1) is 23.3. The van der Waals surface area contributed by atoms with Gasteiger partial charge in [-0.1, -0.05) is 39.8 Å². The Bertz CT molecular complexity index is 1320. The fraction of sp³-hybridized carbons (Fsp3) is 0.784. The van der Waals surface area contributed by atoms with E-state index in [2.05, 4.69) is 5.32 Å². The van der Waals surface area contributed by atoms with Crippen LogP contribution in [0.4, 0.5) is 9.18 Å². The second-order valence-corrected chi connectivity index (χ2v) is 15.7. The lowest BCUT2D eigenvalue weighted by molar-refractivity contribution is -0.299. The molecule has 3 saturated heterocycles. The highest BCUT2D eigenvalue weighted by Gasteiger charge is 2.57. The number of rotatable bonds is 7. The van der Waals surface area contributed by atoms with Crippen LogP contribution in [0.5, 0.6) is 0 Å². The molecule has 0 saturated carbocycles. The van der Waals surface area contributed by atoms with E-state index in [4.69, 9.17) is 29.4 Å². The molecule has 2 bridgehead atoms. The van der Waals surface area contributed by atoms with Gasteiger partial charge in [0.1, 0.15) is 29.7 Å². The minimum atomic E-state index is -1.61. The Balaban J connectivity index is 1.75. The van der Waals surface area contributed by atoms with E-state index in [1.807, 2.05) is 53.6 Å². The van der Waals surface area contributed by atoms with Crippen LogP contribution in [0, 0.1) is 29.5 Å². The number of likely N-dealkylation sites (N-methyl/N-ethyl adjacent to an activating group) is 1. The van der Waals surface area contributed by atoms with Gasteiger partial charge in [0.15, 0.2) is 6.29 Å². The minimum absolute atomic E-state index is 0.0251. The summed E-state index contributed by atoms with van der Waals surface area (Å²) in [6.45, 7) is 14.6. The van der Waals surface area contributed by atoms with Gasteiger partial charge in [-0.2, -0.15) is 0 Å². The number of carbonyl (C=O) groups excluding carboxylic acids is 2. The molecule has 0 aromatic heterocycles. The summed E-state index contributed by atoms with van der Waals surface area (Å²) in [5.74, 6) is -3.33. The summed E-state index contributed by atoms with van der Waals surface area (Å²) in [4.78, 5) is 29.3. The Labute approximate surface area is 296 Å². The molecule has 0 spiro atoms. The maximum Gasteiger partial charge on any atom is 0.407 e. The molecule has 0 radical (unpaired) electrons. The lowest BCUT2D eigenvalue weighted by Crippen LogP contribution is -2.59. The molecule has 1 amide bonds. The number of amides is 1. The lowest BCUT2D eigenvalue weighted by atomic mass is 9.75. The van der Waals surface area contributed by atoms with E-state index < -0.39 is 77.7 Å². The predicted octanol–water partition coefficient (Wildman–Crippen LogP) is 3.74. The number of aliphatic hydroxyl groups excluding tert-OH is 1. The largest absolute Gasteiger partial charge is 0.459 e. The highest BCUT2D eigenvalue weighted by atomic mass is 19.1. The first-order valence-electron chi connectivity index (χ1n) is 18.0. The van der Waals surface area contributed by atoms with E-state index in [1.54, 1.807) is 26.8 Å². The third-order valence-electron chi connectivity index (χ3n) is 11.3. The van der Waals surface area contributed by atoms with Crippen LogP contribution in [0.1, 0.15) is 80.2 Å². The Morgan fingerprint density at radius 1 is 1.16 bits per heavy atom. The van der Waals surface area contributed by atoms with Gasteiger partial charge >= 0.3 is 12.1 Å². The molecule has 284 valence electrons. The van der Waals surface area contributed by atoms with Gasteiger partial charge in [-0.15, -0.1) is 0 Å². The van der Waals surface area contributed by atoms with Crippen LogP contribution in [0.15, 0.2) is 24.3 Å². The number of ether oxygens (including phenoxy) is 5. The average Bonchev–Trinajstić information content (AvgIpc) is 3.28. The van der Waals surface area contributed by atoms with Gasteiger partial charge < -0.3 is 49.8 Å². The first kappa shape index (κ1) is 40.4. The Morgan fingerprint density at radius 2 is 1.84 bits per heavy atom. The maximum absolute atomic E-state index is 14.0. The van der Waals surface area contributed by atoms with E-state index >= 15 is 0 Å². The summed E-state index contributed by atoms with van der Waals surface area (Å²) in [6, 6.07) is 5.05. The van der Waals surface area contributed by atoms with Crippen molar-refractivity contribution in [3.05, 3.63) is 35.6 Å². The zero-order chi connectivity index (χ0) is 37.3. The molecule has 4 rings (SSSR count). The molecule has 15 atom stereocenters. The molecule has 50 heavy (non-hydrogen) atoms. The van der Waals surface area contributed by atoms with Crippen molar-refractivity contribution in [2.24, 2.45) is 29.4 Å². The number of benzene rings is 1. The van der Waals surface area contributed by atoms with E-state index in [9.17, 15) is 24.2 Å². The normalized spacial score (nSPS) is 42.9. The second kappa shape index (κ2) is 16.1. The monoisotopic (exact) mass is 709 g/mol. The average molecular weight is 710 g/mol. The summed E-state index contributed by atoms with van der Waals surface area (Å²) in [7, 11) is 3.74. The number of cyclic esters (lactones) is 1. The SMILES string of the molecule is CC[C@@H]1OC(=O)[C@H](C)[C@@H](OC(=O)NCc2cccc(F)c2)[C@H](C)[C@@H](OC2O[C@H](C)C[C@H](N(C)C)[C@H]2O)[C@](C)(O)C[C@@H](C)[C@H]2OC1(C)[C@@H](N)[C@@H]2C. The van der Waals surface area contributed by atoms with Gasteiger partial charge in [-0.05, 0) is 84.7 Å². The van der Waals surface area contributed by atoms with Crippen molar-refractivity contribution < 1.29 is 47.9 Å². The van der Waals surface area contributed by atoms with Crippen molar-refractivity contribution in [1.29, 1.82) is 0 Å². The van der Waals surface area contributed by atoms with Gasteiger partial charge in [0.25, 0.3) is 0 Å². The van der Waals surface area contributed by atoms with Crippen molar-refractivity contribution in [2.45, 2.75) is 147 Å². The fourth-order valence-corrected chi connectivity index (χ4v) is 8.46. The van der Waals surface area contributed by atoms with Crippen LogP contribution >= 0.6 is 0 Å². The molecule has 3 aliphatic rings. The van der Waals surface area contributed by atoms with Crippen LogP contribution in [0.25, 0.3) is 0 Å².